The van der Waals surface area contributed by atoms with Crippen molar-refractivity contribution in [3.05, 3.63) is 146 Å². The molecule has 0 aromatic heterocycles. The lowest BCUT2D eigenvalue weighted by Gasteiger charge is -2.24. The summed E-state index contributed by atoms with van der Waals surface area (Å²) in [4.78, 5) is 64.3. The average molecular weight is 959 g/mol. The number of rotatable bonds is 5. The van der Waals surface area contributed by atoms with E-state index in [0.717, 1.165) is 12.1 Å². The van der Waals surface area contributed by atoms with Gasteiger partial charge in [-0.05, 0) is 138 Å². The van der Waals surface area contributed by atoms with Gasteiger partial charge in [-0.1, -0.05) is 34.8 Å². The van der Waals surface area contributed by atoms with E-state index in [1.165, 1.54) is 30.3 Å². The fourth-order valence-corrected chi connectivity index (χ4v) is 7.01. The van der Waals surface area contributed by atoms with Crippen LogP contribution in [0.25, 0.3) is 0 Å². The number of phenolic OH excluding ortho intramolecular Hbond substituents is 2. The first kappa shape index (κ1) is 38.5. The summed E-state index contributed by atoms with van der Waals surface area (Å²) in [6, 6.07) is 18.8. The monoisotopic (exact) mass is 954 g/mol. The molecule has 0 radical (unpaired) electrons. The smallest absolute Gasteiger partial charge is 0.256 e. The normalized spacial score (nSPS) is 11.5. The maximum atomic E-state index is 13.8. The highest BCUT2D eigenvalue weighted by molar-refractivity contribution is 9.11. The van der Waals surface area contributed by atoms with E-state index in [4.69, 9.17) is 46.4 Å². The molecule has 2 amide bonds. The number of carbonyl (C=O) groups excluding carboxylic acids is 5. The van der Waals surface area contributed by atoms with Crippen LogP contribution in [-0.4, -0.2) is 38.8 Å². The Morgan fingerprint density at radius 2 is 0.843 bits per heavy atom. The van der Waals surface area contributed by atoms with Crippen LogP contribution in [0.15, 0.2) is 92.3 Å². The van der Waals surface area contributed by atoms with Gasteiger partial charge in [0.15, 0.2) is 0 Å². The molecule has 9 nitrogen and oxygen atoms in total. The molecule has 1 aliphatic rings. The van der Waals surface area contributed by atoms with Gasteiger partial charge in [0.1, 0.15) is 11.5 Å². The molecule has 0 spiro atoms. The molecule has 6 rings (SSSR count). The number of aromatic hydroxyl groups is 2. The third-order valence-electron chi connectivity index (χ3n) is 7.26. The Balaban J connectivity index is 0.000000392. The number of amides is 2. The highest BCUT2D eigenvalue weighted by atomic mass is 79.9. The molecule has 0 fully saturated rings. The first-order chi connectivity index (χ1) is 24.1. The Labute approximate surface area is 334 Å². The molecule has 258 valence electrons. The van der Waals surface area contributed by atoms with Crippen LogP contribution < -0.4 is 10.6 Å². The predicted octanol–water partition coefficient (Wildman–Crippen LogP) is 10.7. The number of phenols is 2. The summed E-state index contributed by atoms with van der Waals surface area (Å²) in [5.74, 6) is -4.05. The van der Waals surface area contributed by atoms with Gasteiger partial charge in [0, 0.05) is 34.0 Å². The molecule has 0 atom stereocenters. The number of nitrogens with one attached hydrogen (secondary N) is 2. The Bertz CT molecular complexity index is 2210. The van der Waals surface area contributed by atoms with Crippen LogP contribution >= 0.6 is 94.2 Å². The summed E-state index contributed by atoms with van der Waals surface area (Å²) < 4.78 is 1.51. The second-order valence-electron chi connectivity index (χ2n) is 10.5. The molecular formula is C35H17Br3Cl4N2O7. The van der Waals surface area contributed by atoms with Crippen molar-refractivity contribution in [2.75, 3.05) is 10.6 Å². The molecule has 16 heteroatoms. The van der Waals surface area contributed by atoms with Gasteiger partial charge in [0.05, 0.1) is 44.8 Å². The van der Waals surface area contributed by atoms with Gasteiger partial charge in [0.2, 0.25) is 11.6 Å². The van der Waals surface area contributed by atoms with Crippen LogP contribution in [0.1, 0.15) is 62.9 Å². The summed E-state index contributed by atoms with van der Waals surface area (Å²) in [6.45, 7) is 0. The zero-order chi connectivity index (χ0) is 37.3. The molecule has 5 aromatic carbocycles. The average Bonchev–Trinajstić information content (AvgIpc) is 3.08. The van der Waals surface area contributed by atoms with Gasteiger partial charge in [-0.2, -0.15) is 0 Å². The molecule has 4 N–H and O–H groups in total. The van der Waals surface area contributed by atoms with E-state index in [1.807, 2.05) is 0 Å². The number of carbonyl (C=O) groups is 5. The van der Waals surface area contributed by atoms with Crippen LogP contribution in [0.3, 0.4) is 0 Å². The molecule has 0 aliphatic heterocycles. The Morgan fingerprint density at radius 1 is 0.510 bits per heavy atom. The van der Waals surface area contributed by atoms with E-state index < -0.39 is 51.2 Å². The third-order valence-corrected chi connectivity index (χ3v) is 10.2. The van der Waals surface area contributed by atoms with E-state index in [1.54, 1.807) is 36.4 Å². The maximum absolute atomic E-state index is 13.8. The molecule has 51 heavy (non-hydrogen) atoms. The molecule has 0 saturated heterocycles. The maximum Gasteiger partial charge on any atom is 0.256 e. The van der Waals surface area contributed by atoms with Crippen LogP contribution in [0, 0.1) is 0 Å². The van der Waals surface area contributed by atoms with E-state index in [-0.39, 0.29) is 33.6 Å². The number of fused-ring (bicyclic) bond motifs is 2. The zero-order valence-corrected chi connectivity index (χ0v) is 32.9. The fraction of sp³-hybridized carbons (Fsp3) is 0. The zero-order valence-electron chi connectivity index (χ0n) is 25.1. The SMILES string of the molecule is O=C(Cl)c1cc(Cl)ccc1Br.O=C(Nc1ccc(O)c2c1C(=O)c1c(O)ccc(NC(=O)c3cc(Cl)ccc3Br)c1C2=O)c1cc(Cl)ccc1Br. The Hall–Kier alpha value is -3.75. The van der Waals surface area contributed by atoms with E-state index in [0.29, 0.717) is 34.0 Å². The fourth-order valence-electron chi connectivity index (χ4n) is 4.94. The van der Waals surface area contributed by atoms with Gasteiger partial charge in [-0.3, -0.25) is 24.0 Å². The lowest BCUT2D eigenvalue weighted by molar-refractivity contribution is 0.0973. The van der Waals surface area contributed by atoms with Crippen molar-refractivity contribution in [1.82, 2.24) is 0 Å². The Morgan fingerprint density at radius 3 is 1.18 bits per heavy atom. The summed E-state index contributed by atoms with van der Waals surface area (Å²) in [5, 5.41) is 27.0. The number of halogens is 7. The van der Waals surface area contributed by atoms with Crippen LogP contribution in [0.4, 0.5) is 11.4 Å². The minimum absolute atomic E-state index is 0.0784. The van der Waals surface area contributed by atoms with E-state index in [9.17, 15) is 34.2 Å². The van der Waals surface area contributed by atoms with E-state index in [2.05, 4.69) is 58.4 Å². The molecule has 0 bridgehead atoms. The number of hydrogen-bond acceptors (Lipinski definition) is 7. The number of benzene rings is 5. The van der Waals surface area contributed by atoms with Gasteiger partial charge >= 0.3 is 0 Å². The second kappa shape index (κ2) is 15.9. The van der Waals surface area contributed by atoms with Gasteiger partial charge < -0.3 is 20.8 Å². The summed E-state index contributed by atoms with van der Waals surface area (Å²) in [6.07, 6.45) is 0. The van der Waals surface area contributed by atoms with Crippen LogP contribution in [0.5, 0.6) is 11.5 Å². The highest BCUT2D eigenvalue weighted by Gasteiger charge is 2.38. The van der Waals surface area contributed by atoms with E-state index >= 15 is 0 Å². The second-order valence-corrected chi connectivity index (χ2v) is 14.7. The Kier molecular flexibility index (Phi) is 12.0. The summed E-state index contributed by atoms with van der Waals surface area (Å²) in [7, 11) is 0. The first-order valence-corrected chi connectivity index (χ1v) is 18.0. The van der Waals surface area contributed by atoms with Crippen molar-refractivity contribution in [2.24, 2.45) is 0 Å². The van der Waals surface area contributed by atoms with Gasteiger partial charge in [-0.15, -0.1) is 0 Å². The molecule has 5 aromatic rings. The van der Waals surface area contributed by atoms with Crippen molar-refractivity contribution in [1.29, 1.82) is 0 Å². The van der Waals surface area contributed by atoms with Crippen molar-refractivity contribution in [3.63, 3.8) is 0 Å². The van der Waals surface area contributed by atoms with Crippen LogP contribution in [-0.2, 0) is 0 Å². The van der Waals surface area contributed by atoms with Crippen molar-refractivity contribution >= 4 is 134 Å². The molecule has 0 saturated carbocycles. The van der Waals surface area contributed by atoms with Gasteiger partial charge in [0.25, 0.3) is 17.1 Å². The minimum Gasteiger partial charge on any atom is -0.507 e. The van der Waals surface area contributed by atoms with Crippen molar-refractivity contribution in [3.8, 4) is 11.5 Å². The first-order valence-electron chi connectivity index (χ1n) is 14.1. The number of hydrogen-bond donors (Lipinski definition) is 4. The lowest BCUT2D eigenvalue weighted by atomic mass is 9.81. The largest absolute Gasteiger partial charge is 0.507 e. The number of anilines is 2. The summed E-state index contributed by atoms with van der Waals surface area (Å²) in [5.41, 5.74) is -0.889. The topological polar surface area (TPSA) is 150 Å². The molecule has 0 heterocycles. The minimum atomic E-state index is -0.849. The van der Waals surface area contributed by atoms with Gasteiger partial charge in [-0.25, -0.2) is 0 Å². The number of ketones is 2. The van der Waals surface area contributed by atoms with Crippen molar-refractivity contribution in [2.45, 2.75) is 0 Å². The van der Waals surface area contributed by atoms with Crippen LogP contribution in [0.2, 0.25) is 15.1 Å². The summed E-state index contributed by atoms with van der Waals surface area (Å²) >= 11 is 32.6. The third kappa shape index (κ3) is 8.18. The quantitative estimate of drug-likeness (QED) is 0.0993. The molecular weight excluding hydrogens is 942 g/mol. The molecule has 0 unspecified atom stereocenters. The molecule has 1 aliphatic carbocycles. The standard InChI is InChI=1S/C28H14Br2Cl2N2O6.C7H3BrCl2O/c29-15-3-1-11(31)9-13(15)27(39)33-17-5-7-19(35)23-21(17)25(37)24-20(36)8-6-18(22(24)26(23)38)34-28(40)14-10-12(32)2-4-16(14)30;8-6-2-1-4(9)3-5(6)7(10)11/h1-10,35-36H,(H,33,39)(H,34,40);1-3H. The van der Waals surface area contributed by atoms with Crippen molar-refractivity contribution < 1.29 is 34.2 Å². The highest BCUT2D eigenvalue weighted by Crippen LogP contribution is 2.43. The predicted molar refractivity (Wildman–Crippen MR) is 207 cm³/mol. The lowest BCUT2D eigenvalue weighted by Crippen LogP contribution is -2.26.